The van der Waals surface area contributed by atoms with Gasteiger partial charge in [-0.05, 0) is 18.9 Å². The number of hydrogen-bond donors (Lipinski definition) is 2. The van der Waals surface area contributed by atoms with Crippen LogP contribution in [0.3, 0.4) is 0 Å². The molecule has 0 saturated heterocycles. The van der Waals surface area contributed by atoms with Crippen LogP contribution in [0.2, 0.25) is 0 Å². The SMILES string of the molecule is N#CC[C@H]([C@@H]1CCCC1O)n1cc(-c2ncnc3[nH]ccc23)cn1. The van der Waals surface area contributed by atoms with E-state index in [-0.39, 0.29) is 18.1 Å². The Morgan fingerprint density at radius 1 is 1.42 bits per heavy atom. The van der Waals surface area contributed by atoms with Crippen LogP contribution < -0.4 is 0 Å². The molecule has 4 rings (SSSR count). The molecule has 7 nitrogen and oxygen atoms in total. The summed E-state index contributed by atoms with van der Waals surface area (Å²) in [6, 6.07) is 4.07. The van der Waals surface area contributed by atoms with Crippen molar-refractivity contribution in [3.05, 3.63) is 31.0 Å². The molecule has 122 valence electrons. The molecule has 1 aliphatic carbocycles. The summed E-state index contributed by atoms with van der Waals surface area (Å²) in [5.41, 5.74) is 2.49. The number of nitriles is 1. The molecular weight excluding hydrogens is 304 g/mol. The van der Waals surface area contributed by atoms with Gasteiger partial charge in [0.05, 0.1) is 36.5 Å². The highest BCUT2D eigenvalue weighted by atomic mass is 16.3. The Labute approximate surface area is 139 Å². The van der Waals surface area contributed by atoms with Crippen molar-refractivity contribution in [2.24, 2.45) is 5.92 Å². The Hall–Kier alpha value is -2.72. The van der Waals surface area contributed by atoms with E-state index in [2.05, 4.69) is 26.1 Å². The van der Waals surface area contributed by atoms with Crippen molar-refractivity contribution in [1.29, 1.82) is 5.26 Å². The van der Waals surface area contributed by atoms with Gasteiger partial charge in [0.2, 0.25) is 0 Å². The van der Waals surface area contributed by atoms with Gasteiger partial charge in [0.1, 0.15) is 12.0 Å². The van der Waals surface area contributed by atoms with E-state index >= 15 is 0 Å². The van der Waals surface area contributed by atoms with Crippen LogP contribution in [-0.2, 0) is 0 Å². The van der Waals surface area contributed by atoms with Crippen molar-refractivity contribution in [2.45, 2.75) is 37.8 Å². The monoisotopic (exact) mass is 322 g/mol. The van der Waals surface area contributed by atoms with E-state index in [1.165, 1.54) is 6.33 Å². The van der Waals surface area contributed by atoms with E-state index in [1.54, 1.807) is 6.20 Å². The van der Waals surface area contributed by atoms with Crippen molar-refractivity contribution in [1.82, 2.24) is 24.7 Å². The van der Waals surface area contributed by atoms with Gasteiger partial charge in [-0.3, -0.25) is 4.68 Å². The van der Waals surface area contributed by atoms with Crippen molar-refractivity contribution >= 4 is 11.0 Å². The molecule has 3 aromatic rings. The molecule has 1 unspecified atom stereocenters. The fourth-order valence-corrected chi connectivity index (χ4v) is 3.70. The first-order valence-electron chi connectivity index (χ1n) is 8.15. The molecule has 0 aromatic carbocycles. The van der Waals surface area contributed by atoms with E-state index in [9.17, 15) is 10.4 Å². The van der Waals surface area contributed by atoms with E-state index in [1.807, 2.05) is 23.1 Å². The number of aromatic nitrogens is 5. The number of rotatable bonds is 4. The summed E-state index contributed by atoms with van der Waals surface area (Å²) in [7, 11) is 0. The summed E-state index contributed by atoms with van der Waals surface area (Å²) in [5, 5.41) is 24.8. The minimum Gasteiger partial charge on any atom is -0.393 e. The molecule has 3 heterocycles. The normalized spacial score (nSPS) is 21.8. The maximum atomic E-state index is 10.2. The lowest BCUT2D eigenvalue weighted by atomic mass is 9.94. The highest BCUT2D eigenvalue weighted by Gasteiger charge is 2.34. The fraction of sp³-hybridized carbons (Fsp3) is 0.412. The lowest BCUT2D eigenvalue weighted by molar-refractivity contribution is 0.0977. The predicted octanol–water partition coefficient (Wildman–Crippen LogP) is 2.44. The maximum Gasteiger partial charge on any atom is 0.141 e. The van der Waals surface area contributed by atoms with Gasteiger partial charge < -0.3 is 10.1 Å². The number of aliphatic hydroxyl groups is 1. The molecule has 3 atom stereocenters. The third-order valence-corrected chi connectivity index (χ3v) is 4.89. The van der Waals surface area contributed by atoms with Gasteiger partial charge in [-0.1, -0.05) is 6.42 Å². The summed E-state index contributed by atoms with van der Waals surface area (Å²) in [4.78, 5) is 11.7. The number of aromatic amines is 1. The minimum absolute atomic E-state index is 0.0788. The first-order valence-corrected chi connectivity index (χ1v) is 8.15. The average molecular weight is 322 g/mol. The van der Waals surface area contributed by atoms with Crippen molar-refractivity contribution < 1.29 is 5.11 Å². The van der Waals surface area contributed by atoms with E-state index in [0.717, 1.165) is 41.6 Å². The van der Waals surface area contributed by atoms with Gasteiger partial charge in [0, 0.05) is 29.3 Å². The average Bonchev–Trinajstić information content (AvgIpc) is 3.32. The van der Waals surface area contributed by atoms with Gasteiger partial charge in [-0.25, -0.2) is 9.97 Å². The van der Waals surface area contributed by atoms with Crippen LogP contribution in [0.15, 0.2) is 31.0 Å². The second-order valence-corrected chi connectivity index (χ2v) is 6.26. The Balaban J connectivity index is 1.70. The predicted molar refractivity (Wildman–Crippen MR) is 87.7 cm³/mol. The maximum absolute atomic E-state index is 10.2. The zero-order valence-electron chi connectivity index (χ0n) is 13.1. The fourth-order valence-electron chi connectivity index (χ4n) is 3.70. The Bertz CT molecular complexity index is 892. The molecule has 7 heteroatoms. The summed E-state index contributed by atoms with van der Waals surface area (Å²) in [6.07, 6.45) is 9.76. The zero-order chi connectivity index (χ0) is 16.5. The molecule has 1 saturated carbocycles. The summed E-state index contributed by atoms with van der Waals surface area (Å²) >= 11 is 0. The third-order valence-electron chi connectivity index (χ3n) is 4.89. The molecule has 0 aliphatic heterocycles. The quantitative estimate of drug-likeness (QED) is 0.768. The molecule has 24 heavy (non-hydrogen) atoms. The second kappa shape index (κ2) is 6.06. The van der Waals surface area contributed by atoms with Crippen LogP contribution in [0.1, 0.15) is 31.7 Å². The molecule has 1 aliphatic rings. The van der Waals surface area contributed by atoms with Crippen LogP contribution in [-0.4, -0.2) is 35.9 Å². The highest BCUT2D eigenvalue weighted by molar-refractivity contribution is 5.89. The Morgan fingerprint density at radius 3 is 3.12 bits per heavy atom. The van der Waals surface area contributed by atoms with Crippen LogP contribution in [0.25, 0.3) is 22.3 Å². The Kier molecular flexibility index (Phi) is 3.75. The molecule has 0 amide bonds. The largest absolute Gasteiger partial charge is 0.393 e. The molecule has 0 radical (unpaired) electrons. The van der Waals surface area contributed by atoms with Crippen LogP contribution in [0.5, 0.6) is 0 Å². The minimum atomic E-state index is -0.355. The van der Waals surface area contributed by atoms with Crippen LogP contribution in [0.4, 0.5) is 0 Å². The molecular formula is C17H18N6O. The first kappa shape index (κ1) is 14.8. The number of nitrogens with one attached hydrogen (secondary N) is 1. The topological polar surface area (TPSA) is 103 Å². The number of H-pyrrole nitrogens is 1. The molecule has 0 bridgehead atoms. The number of nitrogens with zero attached hydrogens (tertiary/aromatic N) is 5. The van der Waals surface area contributed by atoms with Gasteiger partial charge in [-0.15, -0.1) is 0 Å². The summed E-state index contributed by atoms with van der Waals surface area (Å²) in [6.45, 7) is 0. The zero-order valence-corrected chi connectivity index (χ0v) is 13.1. The highest BCUT2D eigenvalue weighted by Crippen LogP contribution is 2.37. The van der Waals surface area contributed by atoms with Gasteiger partial charge in [-0.2, -0.15) is 10.4 Å². The van der Waals surface area contributed by atoms with Crippen LogP contribution >= 0.6 is 0 Å². The van der Waals surface area contributed by atoms with Crippen LogP contribution in [0, 0.1) is 17.2 Å². The van der Waals surface area contributed by atoms with Crippen molar-refractivity contribution in [2.75, 3.05) is 0 Å². The van der Waals surface area contributed by atoms with E-state index in [0.29, 0.717) is 6.42 Å². The third kappa shape index (κ3) is 2.45. The number of aliphatic hydroxyl groups excluding tert-OH is 1. The lowest BCUT2D eigenvalue weighted by Gasteiger charge is -2.24. The Morgan fingerprint density at radius 2 is 2.33 bits per heavy atom. The molecule has 1 fully saturated rings. The smallest absolute Gasteiger partial charge is 0.141 e. The standard InChI is InChI=1S/C17H18N6O/c18-6-4-14(12-2-1-3-15(12)24)23-9-11(8-22-23)16-13-5-7-19-17(13)21-10-20-16/h5,7-10,12,14-15,24H,1-4H2,(H,19,20,21)/t12-,14+,15?/m0/s1. The first-order chi connectivity index (χ1) is 11.8. The second-order valence-electron chi connectivity index (χ2n) is 6.26. The number of hydrogen-bond acceptors (Lipinski definition) is 5. The number of fused-ring (bicyclic) bond motifs is 1. The summed E-state index contributed by atoms with van der Waals surface area (Å²) < 4.78 is 1.82. The van der Waals surface area contributed by atoms with Crippen molar-refractivity contribution in [3.63, 3.8) is 0 Å². The lowest BCUT2D eigenvalue weighted by Crippen LogP contribution is -2.26. The van der Waals surface area contributed by atoms with E-state index in [4.69, 9.17) is 0 Å². The molecule has 0 spiro atoms. The van der Waals surface area contributed by atoms with Gasteiger partial charge in [0.25, 0.3) is 0 Å². The molecule has 3 aromatic heterocycles. The summed E-state index contributed by atoms with van der Waals surface area (Å²) in [5.74, 6) is 0.0788. The molecule has 2 N–H and O–H groups in total. The van der Waals surface area contributed by atoms with Crippen molar-refractivity contribution in [3.8, 4) is 17.3 Å². The van der Waals surface area contributed by atoms with Gasteiger partial charge in [0.15, 0.2) is 0 Å². The van der Waals surface area contributed by atoms with E-state index < -0.39 is 0 Å². The van der Waals surface area contributed by atoms with Gasteiger partial charge >= 0.3 is 0 Å².